The van der Waals surface area contributed by atoms with E-state index in [2.05, 4.69) is 10.4 Å². The van der Waals surface area contributed by atoms with Crippen molar-refractivity contribution in [3.8, 4) is 0 Å². The molecule has 3 heterocycles. The summed E-state index contributed by atoms with van der Waals surface area (Å²) >= 11 is 5.88. The second kappa shape index (κ2) is 8.98. The minimum Gasteiger partial charge on any atom is -0.460 e. The monoisotopic (exact) mass is 440 g/mol. The third-order valence-corrected chi connectivity index (χ3v) is 5.55. The van der Waals surface area contributed by atoms with E-state index in [4.69, 9.17) is 16.0 Å². The molecule has 0 radical (unpaired) electrons. The molecule has 7 nitrogen and oxygen atoms in total. The van der Waals surface area contributed by atoms with Crippen LogP contribution in [0.5, 0.6) is 0 Å². The molecule has 1 amide bonds. The Kier molecular flexibility index (Phi) is 6.13. The number of amides is 1. The first-order chi connectivity index (χ1) is 15.0. The van der Waals surface area contributed by atoms with Crippen molar-refractivity contribution in [1.82, 2.24) is 19.5 Å². The van der Waals surface area contributed by atoms with Gasteiger partial charge in [0.1, 0.15) is 17.1 Å². The van der Waals surface area contributed by atoms with Gasteiger partial charge in [-0.3, -0.25) is 14.0 Å². The molecule has 3 aromatic heterocycles. The van der Waals surface area contributed by atoms with Crippen LogP contribution in [0.1, 0.15) is 36.9 Å². The van der Waals surface area contributed by atoms with Gasteiger partial charge in [-0.05, 0) is 37.5 Å². The number of hydrogen-bond donors (Lipinski definition) is 1. The van der Waals surface area contributed by atoms with Crippen LogP contribution in [0.2, 0.25) is 5.02 Å². The van der Waals surface area contributed by atoms with Crippen LogP contribution >= 0.6 is 11.6 Å². The normalized spacial score (nSPS) is 11.5. The van der Waals surface area contributed by atoms with Gasteiger partial charge in [-0.2, -0.15) is 5.10 Å². The summed E-state index contributed by atoms with van der Waals surface area (Å²) in [5.74, 6) is 1.56. The molecule has 1 aromatic carbocycles. The lowest BCUT2D eigenvalue weighted by atomic mass is 10.1. The smallest absolute Gasteiger partial charge is 0.291 e. The maximum absolute atomic E-state index is 12.9. The topological polar surface area (TPSA) is 81.5 Å². The molecular formula is C23H25ClN4O3. The highest BCUT2D eigenvalue weighted by molar-refractivity contribution is 6.30. The first-order valence-electron chi connectivity index (χ1n) is 10.5. The molecule has 162 valence electrons. The zero-order chi connectivity index (χ0) is 22.0. The van der Waals surface area contributed by atoms with Crippen LogP contribution in [0.25, 0.3) is 16.6 Å². The number of halogens is 1. The second-order valence-corrected chi connectivity index (χ2v) is 8.04. The quantitative estimate of drug-likeness (QED) is 0.450. The number of furan rings is 1. The number of hydrogen-bond acceptors (Lipinski definition) is 4. The molecule has 8 heteroatoms. The van der Waals surface area contributed by atoms with Gasteiger partial charge in [-0.25, -0.2) is 4.68 Å². The Hall–Kier alpha value is -3.06. The van der Waals surface area contributed by atoms with Crippen LogP contribution < -0.4 is 10.9 Å². The number of fused-ring (bicyclic) bond motifs is 3. The number of aryl methyl sites for hydroxylation is 3. The van der Waals surface area contributed by atoms with Crippen molar-refractivity contribution in [2.24, 2.45) is 0 Å². The standard InChI is InChI=1S/C23H25ClN4O3/c1-3-21-26-27(23(30)19-14-20-18(28(19)21)13-15(2)31-20)12-4-5-22(29)25-11-10-16-6-8-17(24)9-7-16/h6-9,13-14H,3-5,10-12H2,1-2H3,(H,25,29). The van der Waals surface area contributed by atoms with Crippen LogP contribution in [0.4, 0.5) is 0 Å². The lowest BCUT2D eigenvalue weighted by molar-refractivity contribution is -0.121. The molecule has 0 saturated heterocycles. The van der Waals surface area contributed by atoms with Gasteiger partial charge in [0.25, 0.3) is 5.56 Å². The van der Waals surface area contributed by atoms with Crippen molar-refractivity contribution in [2.45, 2.75) is 46.1 Å². The molecule has 0 bridgehead atoms. The molecule has 0 spiro atoms. The average molecular weight is 441 g/mol. The molecule has 0 atom stereocenters. The molecule has 0 aliphatic rings. The lowest BCUT2D eigenvalue weighted by Crippen LogP contribution is -2.29. The number of aromatic nitrogens is 3. The molecule has 0 unspecified atom stereocenters. The van der Waals surface area contributed by atoms with Gasteiger partial charge in [0.05, 0.1) is 5.52 Å². The molecule has 31 heavy (non-hydrogen) atoms. The predicted molar refractivity (Wildman–Crippen MR) is 121 cm³/mol. The lowest BCUT2D eigenvalue weighted by Gasteiger charge is -2.10. The van der Waals surface area contributed by atoms with Crippen molar-refractivity contribution in [1.29, 1.82) is 0 Å². The maximum atomic E-state index is 12.9. The Morgan fingerprint density at radius 1 is 1.19 bits per heavy atom. The summed E-state index contributed by atoms with van der Waals surface area (Å²) in [4.78, 5) is 25.1. The first-order valence-corrected chi connectivity index (χ1v) is 10.9. The van der Waals surface area contributed by atoms with Gasteiger partial charge in [-0.1, -0.05) is 30.7 Å². The summed E-state index contributed by atoms with van der Waals surface area (Å²) in [6.45, 7) is 4.84. The van der Waals surface area contributed by atoms with Crippen molar-refractivity contribution in [3.05, 3.63) is 68.9 Å². The second-order valence-electron chi connectivity index (χ2n) is 7.60. The molecule has 0 aliphatic carbocycles. The number of nitrogens with zero attached hydrogens (tertiary/aromatic N) is 3. The van der Waals surface area contributed by atoms with Gasteiger partial charge in [0.15, 0.2) is 5.58 Å². The Bertz CT molecular complexity index is 1280. The summed E-state index contributed by atoms with van der Waals surface area (Å²) in [5.41, 5.74) is 3.04. The molecule has 0 fully saturated rings. The Labute approximate surface area is 184 Å². The van der Waals surface area contributed by atoms with E-state index in [0.29, 0.717) is 48.5 Å². The number of nitrogens with one attached hydrogen (secondary N) is 1. The SMILES string of the molecule is CCc1nn(CCCC(=O)NCCc2ccc(Cl)cc2)c(=O)c2cc3oc(C)cc3n12. The Balaban J connectivity index is 1.37. The molecule has 4 rings (SSSR count). The summed E-state index contributed by atoms with van der Waals surface area (Å²) in [6, 6.07) is 11.3. The van der Waals surface area contributed by atoms with E-state index < -0.39 is 0 Å². The van der Waals surface area contributed by atoms with Crippen LogP contribution in [-0.2, 0) is 24.2 Å². The maximum Gasteiger partial charge on any atom is 0.291 e. The minimum atomic E-state index is -0.176. The van der Waals surface area contributed by atoms with E-state index in [1.165, 1.54) is 4.68 Å². The summed E-state index contributed by atoms with van der Waals surface area (Å²) < 4.78 is 9.01. The highest BCUT2D eigenvalue weighted by atomic mass is 35.5. The highest BCUT2D eigenvalue weighted by Gasteiger charge is 2.16. The van der Waals surface area contributed by atoms with E-state index in [1.807, 2.05) is 48.6 Å². The van der Waals surface area contributed by atoms with E-state index in [0.717, 1.165) is 29.1 Å². The van der Waals surface area contributed by atoms with E-state index in [-0.39, 0.29) is 11.5 Å². The third-order valence-electron chi connectivity index (χ3n) is 5.30. The minimum absolute atomic E-state index is 0.0329. The first kappa shape index (κ1) is 21.2. The molecular weight excluding hydrogens is 416 g/mol. The Morgan fingerprint density at radius 3 is 2.71 bits per heavy atom. The fourth-order valence-corrected chi connectivity index (χ4v) is 3.89. The number of rotatable bonds is 8. The highest BCUT2D eigenvalue weighted by Crippen LogP contribution is 2.23. The number of carbonyl (C=O) groups excluding carboxylic acids is 1. The Morgan fingerprint density at radius 2 is 1.97 bits per heavy atom. The summed E-state index contributed by atoms with van der Waals surface area (Å²) in [7, 11) is 0. The van der Waals surface area contributed by atoms with Gasteiger partial charge >= 0.3 is 0 Å². The van der Waals surface area contributed by atoms with Crippen LogP contribution in [0.15, 0.2) is 45.6 Å². The summed E-state index contributed by atoms with van der Waals surface area (Å²) in [6.07, 6.45) is 2.30. The number of carbonyl (C=O) groups is 1. The van der Waals surface area contributed by atoms with Gasteiger partial charge in [-0.15, -0.1) is 0 Å². The fourth-order valence-electron chi connectivity index (χ4n) is 3.77. The number of benzene rings is 1. The van der Waals surface area contributed by atoms with Crippen LogP contribution in [0, 0.1) is 6.92 Å². The van der Waals surface area contributed by atoms with Crippen LogP contribution in [-0.4, -0.2) is 26.6 Å². The van der Waals surface area contributed by atoms with E-state index in [9.17, 15) is 9.59 Å². The van der Waals surface area contributed by atoms with E-state index in [1.54, 1.807) is 6.07 Å². The van der Waals surface area contributed by atoms with Crippen molar-refractivity contribution >= 4 is 34.1 Å². The fraction of sp³-hybridized carbons (Fsp3) is 0.348. The average Bonchev–Trinajstić information content (AvgIpc) is 3.28. The molecule has 0 aliphatic heterocycles. The zero-order valence-electron chi connectivity index (χ0n) is 17.7. The van der Waals surface area contributed by atoms with Gasteiger partial charge in [0.2, 0.25) is 5.91 Å². The molecule has 4 aromatic rings. The predicted octanol–water partition coefficient (Wildman–Crippen LogP) is 3.91. The van der Waals surface area contributed by atoms with Crippen molar-refractivity contribution in [2.75, 3.05) is 6.54 Å². The molecule has 1 N–H and O–H groups in total. The third kappa shape index (κ3) is 4.51. The van der Waals surface area contributed by atoms with Gasteiger partial charge < -0.3 is 9.73 Å². The van der Waals surface area contributed by atoms with Crippen LogP contribution in [0.3, 0.4) is 0 Å². The zero-order valence-corrected chi connectivity index (χ0v) is 18.4. The molecule has 0 saturated carbocycles. The van der Waals surface area contributed by atoms with Gasteiger partial charge in [0, 0.05) is 43.1 Å². The largest absolute Gasteiger partial charge is 0.460 e. The van der Waals surface area contributed by atoms with E-state index >= 15 is 0 Å². The van der Waals surface area contributed by atoms with Crippen molar-refractivity contribution in [3.63, 3.8) is 0 Å². The summed E-state index contributed by atoms with van der Waals surface area (Å²) in [5, 5.41) is 8.16. The van der Waals surface area contributed by atoms with Crippen molar-refractivity contribution < 1.29 is 9.21 Å².